The summed E-state index contributed by atoms with van der Waals surface area (Å²) >= 11 is 0. The van der Waals surface area contributed by atoms with Crippen molar-refractivity contribution in [2.75, 3.05) is 18.4 Å². The van der Waals surface area contributed by atoms with Gasteiger partial charge in [-0.25, -0.2) is 0 Å². The Labute approximate surface area is 162 Å². The summed E-state index contributed by atoms with van der Waals surface area (Å²) in [6.07, 6.45) is 4.97. The predicted octanol–water partition coefficient (Wildman–Crippen LogP) is 4.28. The summed E-state index contributed by atoms with van der Waals surface area (Å²) in [7, 11) is 0. The van der Waals surface area contributed by atoms with Crippen molar-refractivity contribution in [3.8, 4) is 0 Å². The molecule has 1 saturated carbocycles. The van der Waals surface area contributed by atoms with Gasteiger partial charge in [0.1, 0.15) is 0 Å². The number of amides is 2. The average molecular weight is 373 g/mol. The van der Waals surface area contributed by atoms with Crippen LogP contribution in [-0.4, -0.2) is 35.6 Å². The molecule has 5 nitrogen and oxygen atoms in total. The van der Waals surface area contributed by atoms with Crippen molar-refractivity contribution < 1.29 is 14.4 Å². The second-order valence-electron chi connectivity index (χ2n) is 7.50. The largest absolute Gasteiger partial charge is 0.342 e. The normalized spacial score (nSPS) is 19.4. The Morgan fingerprint density at radius 1 is 1.00 bits per heavy atom. The molecule has 0 radical (unpaired) electrons. The molecular formula is C22H32N2O3. The van der Waals surface area contributed by atoms with Crippen LogP contribution in [0.3, 0.4) is 0 Å². The molecule has 148 valence electrons. The highest BCUT2D eigenvalue weighted by molar-refractivity contribution is 5.97. The predicted molar refractivity (Wildman–Crippen MR) is 108 cm³/mol. The highest BCUT2D eigenvalue weighted by Gasteiger charge is 2.31. The lowest BCUT2D eigenvalue weighted by atomic mass is 9.80. The van der Waals surface area contributed by atoms with Gasteiger partial charge in [0.05, 0.1) is 0 Å². The van der Waals surface area contributed by atoms with Gasteiger partial charge >= 0.3 is 0 Å². The molecule has 0 saturated heterocycles. The first-order chi connectivity index (χ1) is 13.0. The highest BCUT2D eigenvalue weighted by atomic mass is 16.2. The van der Waals surface area contributed by atoms with Crippen molar-refractivity contribution >= 4 is 23.3 Å². The maximum atomic E-state index is 12.7. The molecule has 27 heavy (non-hydrogen) atoms. The number of hydrogen-bond acceptors (Lipinski definition) is 3. The van der Waals surface area contributed by atoms with E-state index in [4.69, 9.17) is 0 Å². The fourth-order valence-electron chi connectivity index (χ4n) is 3.79. The van der Waals surface area contributed by atoms with Gasteiger partial charge in [-0.05, 0) is 57.6 Å². The maximum absolute atomic E-state index is 12.7. The molecule has 0 atom stereocenters. The molecule has 1 aliphatic rings. The van der Waals surface area contributed by atoms with E-state index in [-0.39, 0.29) is 29.4 Å². The van der Waals surface area contributed by atoms with E-state index >= 15 is 0 Å². The number of hydrogen-bond donors (Lipinski definition) is 1. The minimum atomic E-state index is -0.0687. The van der Waals surface area contributed by atoms with E-state index in [1.165, 1.54) is 6.92 Å². The van der Waals surface area contributed by atoms with Crippen LogP contribution in [0.5, 0.6) is 0 Å². The summed E-state index contributed by atoms with van der Waals surface area (Å²) in [6.45, 7) is 7.34. The van der Waals surface area contributed by atoms with Crippen LogP contribution < -0.4 is 5.32 Å². The SMILES string of the molecule is CCCN(CCC)C(=O)C1CCC(C(=O)Nc2cccc(C(C)=O)c2)CC1. The third kappa shape index (κ3) is 5.91. The first kappa shape index (κ1) is 21.1. The number of carbonyl (C=O) groups is 3. The van der Waals surface area contributed by atoms with Crippen molar-refractivity contribution in [2.45, 2.75) is 59.3 Å². The van der Waals surface area contributed by atoms with Crippen LogP contribution >= 0.6 is 0 Å². The Hall–Kier alpha value is -2.17. The van der Waals surface area contributed by atoms with E-state index in [2.05, 4.69) is 19.2 Å². The van der Waals surface area contributed by atoms with Crippen LogP contribution in [0, 0.1) is 11.8 Å². The molecule has 0 aromatic heterocycles. The Morgan fingerprint density at radius 3 is 2.15 bits per heavy atom. The zero-order chi connectivity index (χ0) is 19.8. The second kappa shape index (κ2) is 10.2. The average Bonchev–Trinajstić information content (AvgIpc) is 2.67. The monoisotopic (exact) mass is 372 g/mol. The second-order valence-corrected chi connectivity index (χ2v) is 7.50. The highest BCUT2D eigenvalue weighted by Crippen LogP contribution is 2.31. The molecule has 1 N–H and O–H groups in total. The number of anilines is 1. The topological polar surface area (TPSA) is 66.5 Å². The van der Waals surface area contributed by atoms with Crippen LogP contribution in [0.1, 0.15) is 69.7 Å². The number of rotatable bonds is 8. The van der Waals surface area contributed by atoms with Gasteiger partial charge in [0, 0.05) is 36.2 Å². The quantitative estimate of drug-likeness (QED) is 0.693. The van der Waals surface area contributed by atoms with Gasteiger partial charge in [-0.1, -0.05) is 26.0 Å². The smallest absolute Gasteiger partial charge is 0.227 e. The van der Waals surface area contributed by atoms with Crippen LogP contribution in [0.2, 0.25) is 0 Å². The lowest BCUT2D eigenvalue weighted by Crippen LogP contribution is -2.39. The van der Waals surface area contributed by atoms with Crippen LogP contribution in [0.15, 0.2) is 24.3 Å². The fourth-order valence-corrected chi connectivity index (χ4v) is 3.79. The summed E-state index contributed by atoms with van der Waals surface area (Å²) in [5.74, 6) is 0.204. The number of nitrogens with one attached hydrogen (secondary N) is 1. The maximum Gasteiger partial charge on any atom is 0.227 e. The molecular weight excluding hydrogens is 340 g/mol. The van der Waals surface area contributed by atoms with Crippen molar-refractivity contribution in [3.05, 3.63) is 29.8 Å². The van der Waals surface area contributed by atoms with Crippen LogP contribution in [-0.2, 0) is 9.59 Å². The van der Waals surface area contributed by atoms with Gasteiger partial charge in [0.25, 0.3) is 0 Å². The first-order valence-corrected chi connectivity index (χ1v) is 10.2. The summed E-state index contributed by atoms with van der Waals surface area (Å²) in [4.78, 5) is 38.8. The Kier molecular flexibility index (Phi) is 8.01. The molecule has 0 unspecified atom stereocenters. The van der Waals surface area contributed by atoms with E-state index in [0.29, 0.717) is 11.3 Å². The minimum absolute atomic E-state index is 0.0134. The third-order valence-corrected chi connectivity index (χ3v) is 5.28. The Bertz CT molecular complexity index is 657. The molecule has 5 heteroatoms. The van der Waals surface area contributed by atoms with Crippen molar-refractivity contribution in [1.29, 1.82) is 0 Å². The third-order valence-electron chi connectivity index (χ3n) is 5.28. The Balaban J connectivity index is 1.89. The number of benzene rings is 1. The number of Topliss-reactive ketones (excluding diaryl/α,β-unsaturated/α-hetero) is 1. The molecule has 2 rings (SSSR count). The van der Waals surface area contributed by atoms with Gasteiger partial charge in [0.15, 0.2) is 5.78 Å². The van der Waals surface area contributed by atoms with E-state index in [1.807, 2.05) is 4.90 Å². The molecule has 1 aromatic rings. The van der Waals surface area contributed by atoms with Crippen LogP contribution in [0.25, 0.3) is 0 Å². The summed E-state index contributed by atoms with van der Waals surface area (Å²) in [5.41, 5.74) is 1.25. The minimum Gasteiger partial charge on any atom is -0.342 e. The van der Waals surface area contributed by atoms with Crippen molar-refractivity contribution in [2.24, 2.45) is 11.8 Å². The standard InChI is InChI=1S/C22H32N2O3/c1-4-13-24(14-5-2)22(27)18-11-9-17(10-12-18)21(26)23-20-8-6-7-19(15-20)16(3)25/h6-8,15,17-18H,4-5,9-14H2,1-3H3,(H,23,26). The van der Waals surface area contributed by atoms with Crippen molar-refractivity contribution in [3.63, 3.8) is 0 Å². The van der Waals surface area contributed by atoms with Gasteiger partial charge in [-0.2, -0.15) is 0 Å². The summed E-state index contributed by atoms with van der Waals surface area (Å²) in [5, 5.41) is 2.93. The van der Waals surface area contributed by atoms with E-state index in [0.717, 1.165) is 51.6 Å². The molecule has 1 aliphatic carbocycles. The van der Waals surface area contributed by atoms with Crippen LogP contribution in [0.4, 0.5) is 5.69 Å². The van der Waals surface area contributed by atoms with E-state index in [1.54, 1.807) is 24.3 Å². The van der Waals surface area contributed by atoms with Crippen molar-refractivity contribution in [1.82, 2.24) is 4.90 Å². The van der Waals surface area contributed by atoms with E-state index in [9.17, 15) is 14.4 Å². The molecule has 0 bridgehead atoms. The molecule has 0 spiro atoms. The summed E-state index contributed by atoms with van der Waals surface area (Å²) < 4.78 is 0. The molecule has 0 heterocycles. The lowest BCUT2D eigenvalue weighted by Gasteiger charge is -2.31. The first-order valence-electron chi connectivity index (χ1n) is 10.2. The van der Waals surface area contributed by atoms with Gasteiger partial charge < -0.3 is 10.2 Å². The molecule has 1 aromatic carbocycles. The molecule has 1 fully saturated rings. The Morgan fingerprint density at radius 2 is 1.59 bits per heavy atom. The van der Waals surface area contributed by atoms with Gasteiger partial charge in [0.2, 0.25) is 11.8 Å². The molecule has 2 amide bonds. The number of carbonyl (C=O) groups excluding carboxylic acids is 3. The summed E-state index contributed by atoms with van der Waals surface area (Å²) in [6, 6.07) is 7.03. The zero-order valence-electron chi connectivity index (χ0n) is 16.8. The number of nitrogens with zero attached hydrogens (tertiary/aromatic N) is 1. The van der Waals surface area contributed by atoms with E-state index < -0.39 is 0 Å². The fraction of sp³-hybridized carbons (Fsp3) is 0.591. The lowest BCUT2D eigenvalue weighted by molar-refractivity contribution is -0.138. The van der Waals surface area contributed by atoms with Gasteiger partial charge in [-0.3, -0.25) is 14.4 Å². The molecule has 0 aliphatic heterocycles. The zero-order valence-corrected chi connectivity index (χ0v) is 16.8. The number of ketones is 1. The van der Waals surface area contributed by atoms with Gasteiger partial charge in [-0.15, -0.1) is 0 Å².